The van der Waals surface area contributed by atoms with Gasteiger partial charge in [-0.05, 0) is 48.9 Å². The summed E-state index contributed by atoms with van der Waals surface area (Å²) in [6.45, 7) is 4.93. The first-order valence-electron chi connectivity index (χ1n) is 6.22. The fraction of sp³-hybridized carbons (Fsp3) is 0.267. The molecule has 1 unspecified atom stereocenters. The molecule has 2 nitrogen and oxygen atoms in total. The molecular weight excluding hydrogens is 324 g/mol. The van der Waals surface area contributed by atoms with Gasteiger partial charge in [-0.1, -0.05) is 40.5 Å². The first kappa shape index (κ1) is 14.5. The summed E-state index contributed by atoms with van der Waals surface area (Å²) in [5, 5.41) is 4.22. The van der Waals surface area contributed by atoms with Crippen molar-refractivity contribution >= 4 is 27.5 Å². The summed E-state index contributed by atoms with van der Waals surface area (Å²) in [6.07, 6.45) is 1.90. The Bertz CT molecular complexity index is 555. The summed E-state index contributed by atoms with van der Waals surface area (Å²) in [5.41, 5.74) is 3.19. The van der Waals surface area contributed by atoms with Crippen molar-refractivity contribution in [3.63, 3.8) is 0 Å². The first-order chi connectivity index (χ1) is 9.11. The summed E-state index contributed by atoms with van der Waals surface area (Å²) in [4.78, 5) is 4.37. The zero-order valence-corrected chi connectivity index (χ0v) is 13.3. The minimum atomic E-state index is 0.0584. The number of nitrogens with one attached hydrogen (secondary N) is 1. The predicted octanol–water partition coefficient (Wildman–Crippen LogP) is 4.50. The van der Waals surface area contributed by atoms with Crippen LogP contribution in [0.5, 0.6) is 0 Å². The van der Waals surface area contributed by atoms with E-state index in [1.165, 1.54) is 0 Å². The van der Waals surface area contributed by atoms with E-state index in [9.17, 15) is 0 Å². The Morgan fingerprint density at radius 2 is 2.11 bits per heavy atom. The van der Waals surface area contributed by atoms with Crippen LogP contribution in [-0.2, 0) is 0 Å². The van der Waals surface area contributed by atoms with Gasteiger partial charge in [0.25, 0.3) is 0 Å². The van der Waals surface area contributed by atoms with Gasteiger partial charge < -0.3 is 5.32 Å². The Labute approximate surface area is 127 Å². The second-order valence-electron chi connectivity index (χ2n) is 4.39. The number of halogens is 2. The molecule has 0 spiro atoms. The smallest absolute Gasteiger partial charge is 0.0607 e. The van der Waals surface area contributed by atoms with E-state index >= 15 is 0 Å². The highest BCUT2D eigenvalue weighted by Crippen LogP contribution is 2.30. The molecule has 0 fully saturated rings. The van der Waals surface area contributed by atoms with Crippen LogP contribution >= 0.6 is 27.5 Å². The van der Waals surface area contributed by atoms with Crippen LogP contribution in [0.2, 0.25) is 5.02 Å². The molecule has 0 aliphatic heterocycles. The molecule has 0 saturated carbocycles. The summed E-state index contributed by atoms with van der Waals surface area (Å²) in [7, 11) is 0. The monoisotopic (exact) mass is 338 g/mol. The predicted molar refractivity (Wildman–Crippen MR) is 83.6 cm³/mol. The minimum absolute atomic E-state index is 0.0584. The van der Waals surface area contributed by atoms with Gasteiger partial charge in [0, 0.05) is 21.4 Å². The number of nitrogens with zero attached hydrogens (tertiary/aromatic N) is 1. The van der Waals surface area contributed by atoms with Crippen LogP contribution in [0.3, 0.4) is 0 Å². The van der Waals surface area contributed by atoms with Gasteiger partial charge in [0.1, 0.15) is 0 Å². The quantitative estimate of drug-likeness (QED) is 0.887. The molecule has 0 aliphatic carbocycles. The number of hydrogen-bond donors (Lipinski definition) is 1. The molecule has 0 saturated heterocycles. The number of aromatic nitrogens is 1. The summed E-state index contributed by atoms with van der Waals surface area (Å²) >= 11 is 9.82. The maximum Gasteiger partial charge on any atom is 0.0607 e. The molecule has 19 heavy (non-hydrogen) atoms. The van der Waals surface area contributed by atoms with Gasteiger partial charge in [0.2, 0.25) is 0 Å². The van der Waals surface area contributed by atoms with E-state index in [1.54, 1.807) is 0 Å². The number of benzene rings is 1. The number of aryl methyl sites for hydroxylation is 1. The van der Waals surface area contributed by atoms with Gasteiger partial charge in [-0.2, -0.15) is 0 Å². The fourth-order valence-corrected chi connectivity index (χ4v) is 2.60. The van der Waals surface area contributed by atoms with Crippen molar-refractivity contribution in [2.45, 2.75) is 19.9 Å². The Hall–Kier alpha value is -0.900. The molecule has 0 aliphatic rings. The van der Waals surface area contributed by atoms with E-state index < -0.39 is 0 Å². The SMILES string of the molecule is CCNC(c1ccc(C)nc1)c1cc(Br)ccc1Cl. The van der Waals surface area contributed by atoms with E-state index in [0.29, 0.717) is 0 Å². The molecule has 0 amide bonds. The van der Waals surface area contributed by atoms with E-state index in [4.69, 9.17) is 11.6 Å². The lowest BCUT2D eigenvalue weighted by Crippen LogP contribution is -2.22. The molecule has 1 aromatic heterocycles. The summed E-state index contributed by atoms with van der Waals surface area (Å²) in [6, 6.07) is 10.1. The fourth-order valence-electron chi connectivity index (χ4n) is 2.00. The average Bonchev–Trinajstić information content (AvgIpc) is 2.40. The first-order valence-corrected chi connectivity index (χ1v) is 7.39. The van der Waals surface area contributed by atoms with Gasteiger partial charge in [-0.15, -0.1) is 0 Å². The second kappa shape index (κ2) is 6.51. The Morgan fingerprint density at radius 3 is 2.74 bits per heavy atom. The Kier molecular flexibility index (Phi) is 4.97. The highest BCUT2D eigenvalue weighted by atomic mass is 79.9. The van der Waals surface area contributed by atoms with Crippen molar-refractivity contribution in [2.75, 3.05) is 6.54 Å². The lowest BCUT2D eigenvalue weighted by Gasteiger charge is -2.20. The van der Waals surface area contributed by atoms with Crippen LogP contribution < -0.4 is 5.32 Å². The molecule has 2 aromatic rings. The normalized spacial score (nSPS) is 12.4. The van der Waals surface area contributed by atoms with Crippen molar-refractivity contribution in [2.24, 2.45) is 0 Å². The lowest BCUT2D eigenvalue weighted by molar-refractivity contribution is 0.628. The zero-order chi connectivity index (χ0) is 13.8. The van der Waals surface area contributed by atoms with E-state index in [-0.39, 0.29) is 6.04 Å². The molecule has 1 N–H and O–H groups in total. The van der Waals surface area contributed by atoms with Crippen LogP contribution in [0.4, 0.5) is 0 Å². The van der Waals surface area contributed by atoms with Crippen LogP contribution in [0, 0.1) is 6.92 Å². The molecule has 1 aromatic carbocycles. The van der Waals surface area contributed by atoms with Crippen LogP contribution in [0.1, 0.15) is 29.8 Å². The Morgan fingerprint density at radius 1 is 1.32 bits per heavy atom. The number of hydrogen-bond acceptors (Lipinski definition) is 2. The van der Waals surface area contributed by atoms with Crippen LogP contribution in [0.25, 0.3) is 0 Å². The number of rotatable bonds is 4. The highest BCUT2D eigenvalue weighted by Gasteiger charge is 2.16. The van der Waals surface area contributed by atoms with Crippen molar-refractivity contribution < 1.29 is 0 Å². The molecule has 0 radical (unpaired) electrons. The standard InChI is InChI=1S/C15H16BrClN2/c1-3-18-15(11-5-4-10(2)19-9-11)13-8-12(16)6-7-14(13)17/h4-9,15,18H,3H2,1-2H3. The number of pyridine rings is 1. The third kappa shape index (κ3) is 3.56. The minimum Gasteiger partial charge on any atom is -0.306 e. The zero-order valence-electron chi connectivity index (χ0n) is 11.0. The van der Waals surface area contributed by atoms with Gasteiger partial charge >= 0.3 is 0 Å². The maximum absolute atomic E-state index is 6.33. The molecule has 4 heteroatoms. The van der Waals surface area contributed by atoms with Crippen molar-refractivity contribution in [1.82, 2.24) is 10.3 Å². The maximum atomic E-state index is 6.33. The van der Waals surface area contributed by atoms with Gasteiger partial charge in [-0.3, -0.25) is 4.98 Å². The molecule has 1 atom stereocenters. The molecule has 0 bridgehead atoms. The van der Waals surface area contributed by atoms with Gasteiger partial charge in [0.15, 0.2) is 0 Å². The molecule has 1 heterocycles. The Balaban J connectivity index is 2.44. The van der Waals surface area contributed by atoms with Crippen LogP contribution in [0.15, 0.2) is 41.0 Å². The average molecular weight is 340 g/mol. The topological polar surface area (TPSA) is 24.9 Å². The van der Waals surface area contributed by atoms with Crippen LogP contribution in [-0.4, -0.2) is 11.5 Å². The van der Waals surface area contributed by atoms with Gasteiger partial charge in [0.05, 0.1) is 6.04 Å². The molecule has 100 valence electrons. The van der Waals surface area contributed by atoms with Crippen molar-refractivity contribution in [1.29, 1.82) is 0 Å². The lowest BCUT2D eigenvalue weighted by atomic mass is 10.00. The third-order valence-corrected chi connectivity index (χ3v) is 3.78. The van der Waals surface area contributed by atoms with E-state index in [2.05, 4.69) is 45.3 Å². The van der Waals surface area contributed by atoms with Gasteiger partial charge in [-0.25, -0.2) is 0 Å². The highest BCUT2D eigenvalue weighted by molar-refractivity contribution is 9.10. The molecular formula is C15H16BrClN2. The van der Waals surface area contributed by atoms with E-state index in [1.807, 2.05) is 31.3 Å². The van der Waals surface area contributed by atoms with Crippen molar-refractivity contribution in [3.05, 3.63) is 62.8 Å². The van der Waals surface area contributed by atoms with Crippen molar-refractivity contribution in [3.8, 4) is 0 Å². The third-order valence-electron chi connectivity index (χ3n) is 2.94. The molecule has 2 rings (SSSR count). The van der Waals surface area contributed by atoms with E-state index in [0.717, 1.165) is 32.9 Å². The summed E-state index contributed by atoms with van der Waals surface area (Å²) < 4.78 is 1.02. The second-order valence-corrected chi connectivity index (χ2v) is 5.71. The largest absolute Gasteiger partial charge is 0.306 e. The summed E-state index contributed by atoms with van der Waals surface area (Å²) in [5.74, 6) is 0.